The summed E-state index contributed by atoms with van der Waals surface area (Å²) in [5.74, 6) is 1.11. The summed E-state index contributed by atoms with van der Waals surface area (Å²) >= 11 is 0. The number of nitrogens with one attached hydrogen (secondary N) is 1. The Balaban J connectivity index is 0.00000364. The standard InChI is InChI=1S/C19H35N5O2.HI/c1-4-21-18(24-11-7-8-15(13-24)12-16(20)25)22-14-19(9-5-6-10-19)17(26)23(2)3;/h15H,4-14H2,1-3H3,(H2,20,25)(H,21,22);1H. The Hall–Kier alpha value is -1.06. The Morgan fingerprint density at radius 3 is 2.48 bits per heavy atom. The van der Waals surface area contributed by atoms with Crippen molar-refractivity contribution in [2.24, 2.45) is 22.1 Å². The van der Waals surface area contributed by atoms with Crippen molar-refractivity contribution in [2.45, 2.75) is 51.9 Å². The van der Waals surface area contributed by atoms with Gasteiger partial charge in [0.15, 0.2) is 5.96 Å². The second kappa shape index (κ2) is 11.1. The molecule has 1 atom stereocenters. The molecule has 3 N–H and O–H groups in total. The minimum atomic E-state index is -0.355. The van der Waals surface area contributed by atoms with Gasteiger partial charge in [0.05, 0.1) is 12.0 Å². The topological polar surface area (TPSA) is 91.0 Å². The van der Waals surface area contributed by atoms with Crippen LogP contribution in [0.4, 0.5) is 0 Å². The summed E-state index contributed by atoms with van der Waals surface area (Å²) in [6, 6.07) is 0. The lowest BCUT2D eigenvalue weighted by Gasteiger charge is -2.35. The number of primary amides is 1. The molecule has 1 saturated carbocycles. The fourth-order valence-corrected chi connectivity index (χ4v) is 4.33. The lowest BCUT2D eigenvalue weighted by atomic mass is 9.84. The first-order valence-corrected chi connectivity index (χ1v) is 9.91. The molecule has 2 aliphatic rings. The lowest BCUT2D eigenvalue weighted by Crippen LogP contribution is -2.48. The molecule has 8 heteroatoms. The van der Waals surface area contributed by atoms with Gasteiger partial charge < -0.3 is 20.9 Å². The van der Waals surface area contributed by atoms with Gasteiger partial charge in [0, 0.05) is 40.2 Å². The molecule has 2 amide bonds. The molecule has 2 rings (SSSR count). The Bertz CT molecular complexity index is 532. The van der Waals surface area contributed by atoms with Crippen molar-refractivity contribution in [3.63, 3.8) is 0 Å². The Kier molecular flexibility index (Phi) is 9.83. The van der Waals surface area contributed by atoms with E-state index in [1.165, 1.54) is 0 Å². The molecule has 7 nitrogen and oxygen atoms in total. The largest absolute Gasteiger partial charge is 0.370 e. The Morgan fingerprint density at radius 1 is 1.26 bits per heavy atom. The van der Waals surface area contributed by atoms with Crippen LogP contribution >= 0.6 is 24.0 Å². The summed E-state index contributed by atoms with van der Waals surface area (Å²) in [7, 11) is 3.66. The molecule has 1 saturated heterocycles. The fraction of sp³-hybridized carbons (Fsp3) is 0.842. The van der Waals surface area contributed by atoms with Crippen LogP contribution in [-0.2, 0) is 9.59 Å². The van der Waals surface area contributed by atoms with E-state index >= 15 is 0 Å². The molecule has 0 aromatic rings. The minimum absolute atomic E-state index is 0. The average molecular weight is 493 g/mol. The maximum Gasteiger partial charge on any atom is 0.230 e. The first kappa shape index (κ1) is 24.0. The van der Waals surface area contributed by atoms with Crippen molar-refractivity contribution in [2.75, 3.05) is 40.3 Å². The number of guanidine groups is 1. The highest BCUT2D eigenvalue weighted by molar-refractivity contribution is 14.0. The van der Waals surface area contributed by atoms with E-state index in [9.17, 15) is 9.59 Å². The third-order valence-electron chi connectivity index (χ3n) is 5.60. The Morgan fingerprint density at radius 2 is 1.93 bits per heavy atom. The second-order valence-electron chi connectivity index (χ2n) is 7.98. The SMILES string of the molecule is CCNC(=NCC1(C(=O)N(C)C)CCCC1)N1CCCC(CC(N)=O)C1.I. The van der Waals surface area contributed by atoms with Gasteiger partial charge >= 0.3 is 0 Å². The summed E-state index contributed by atoms with van der Waals surface area (Å²) < 4.78 is 0. The van der Waals surface area contributed by atoms with E-state index in [1.54, 1.807) is 4.90 Å². The summed E-state index contributed by atoms with van der Waals surface area (Å²) in [5.41, 5.74) is 5.02. The number of hydrogen-bond acceptors (Lipinski definition) is 3. The third kappa shape index (κ3) is 6.50. The van der Waals surface area contributed by atoms with Crippen molar-refractivity contribution < 1.29 is 9.59 Å². The first-order valence-electron chi connectivity index (χ1n) is 9.91. The van der Waals surface area contributed by atoms with Crippen molar-refractivity contribution in [1.82, 2.24) is 15.1 Å². The molecule has 1 unspecified atom stereocenters. The number of carbonyl (C=O) groups excluding carboxylic acids is 2. The number of nitrogens with two attached hydrogens (primary N) is 1. The van der Waals surface area contributed by atoms with Gasteiger partial charge in [-0.2, -0.15) is 0 Å². The molecule has 0 aromatic carbocycles. The van der Waals surface area contributed by atoms with Crippen LogP contribution < -0.4 is 11.1 Å². The zero-order chi connectivity index (χ0) is 19.2. The molecular weight excluding hydrogens is 457 g/mol. The van der Waals surface area contributed by atoms with Crippen LogP contribution in [0.3, 0.4) is 0 Å². The summed E-state index contributed by atoms with van der Waals surface area (Å²) in [4.78, 5) is 32.8. The maximum atomic E-state index is 12.8. The van der Waals surface area contributed by atoms with Gasteiger partial charge in [-0.1, -0.05) is 12.8 Å². The van der Waals surface area contributed by atoms with Crippen LogP contribution in [0.1, 0.15) is 51.9 Å². The van der Waals surface area contributed by atoms with E-state index in [2.05, 4.69) is 17.1 Å². The van der Waals surface area contributed by atoms with Crippen molar-refractivity contribution in [3.05, 3.63) is 0 Å². The van der Waals surface area contributed by atoms with Crippen LogP contribution in [0.5, 0.6) is 0 Å². The van der Waals surface area contributed by atoms with Crippen LogP contribution in [0.2, 0.25) is 0 Å². The number of aliphatic imine (C=N–C) groups is 1. The minimum Gasteiger partial charge on any atom is -0.370 e. The molecule has 1 aliphatic heterocycles. The summed E-state index contributed by atoms with van der Waals surface area (Å²) in [5, 5.41) is 3.37. The molecule has 156 valence electrons. The number of carbonyl (C=O) groups is 2. The molecular formula is C19H36IN5O2. The van der Waals surface area contributed by atoms with Gasteiger partial charge in [-0.05, 0) is 38.5 Å². The van der Waals surface area contributed by atoms with Crippen LogP contribution in [0.15, 0.2) is 4.99 Å². The van der Waals surface area contributed by atoms with E-state index in [-0.39, 0.29) is 47.1 Å². The van der Waals surface area contributed by atoms with E-state index in [1.807, 2.05) is 14.1 Å². The smallest absolute Gasteiger partial charge is 0.230 e. The maximum absolute atomic E-state index is 12.8. The average Bonchev–Trinajstić information content (AvgIpc) is 3.07. The molecule has 1 heterocycles. The van der Waals surface area contributed by atoms with Crippen molar-refractivity contribution in [3.8, 4) is 0 Å². The number of nitrogens with zero attached hydrogens (tertiary/aromatic N) is 3. The number of amides is 2. The zero-order valence-corrected chi connectivity index (χ0v) is 19.3. The highest BCUT2D eigenvalue weighted by Crippen LogP contribution is 2.39. The zero-order valence-electron chi connectivity index (χ0n) is 17.0. The van der Waals surface area contributed by atoms with Gasteiger partial charge in [0.2, 0.25) is 11.8 Å². The van der Waals surface area contributed by atoms with E-state index < -0.39 is 0 Å². The van der Waals surface area contributed by atoms with Gasteiger partial charge in [-0.3, -0.25) is 14.6 Å². The van der Waals surface area contributed by atoms with Crippen molar-refractivity contribution >= 4 is 41.8 Å². The summed E-state index contributed by atoms with van der Waals surface area (Å²) in [6.07, 6.45) is 6.51. The van der Waals surface area contributed by atoms with Crippen molar-refractivity contribution in [1.29, 1.82) is 0 Å². The number of piperidine rings is 1. The molecule has 0 radical (unpaired) electrons. The highest BCUT2D eigenvalue weighted by Gasteiger charge is 2.42. The quantitative estimate of drug-likeness (QED) is 0.336. The van der Waals surface area contributed by atoms with Gasteiger partial charge in [0.1, 0.15) is 0 Å². The van der Waals surface area contributed by atoms with Crippen LogP contribution in [0, 0.1) is 11.3 Å². The summed E-state index contributed by atoms with van der Waals surface area (Å²) in [6.45, 7) is 5.09. The molecule has 2 fully saturated rings. The Labute approximate surface area is 180 Å². The number of rotatable bonds is 6. The lowest BCUT2D eigenvalue weighted by molar-refractivity contribution is -0.138. The fourth-order valence-electron chi connectivity index (χ4n) is 4.33. The van der Waals surface area contributed by atoms with E-state index in [0.717, 1.165) is 64.1 Å². The molecule has 0 bridgehead atoms. The number of halogens is 1. The van der Waals surface area contributed by atoms with Gasteiger partial charge in [-0.15, -0.1) is 24.0 Å². The number of hydrogen-bond donors (Lipinski definition) is 2. The predicted molar refractivity (Wildman–Crippen MR) is 119 cm³/mol. The molecule has 0 aromatic heterocycles. The third-order valence-corrected chi connectivity index (χ3v) is 5.60. The van der Waals surface area contributed by atoms with Crippen LogP contribution in [0.25, 0.3) is 0 Å². The normalized spacial score (nSPS) is 22.1. The molecule has 1 aliphatic carbocycles. The highest BCUT2D eigenvalue weighted by atomic mass is 127. The van der Waals surface area contributed by atoms with E-state index in [0.29, 0.717) is 13.0 Å². The van der Waals surface area contributed by atoms with E-state index in [4.69, 9.17) is 10.7 Å². The van der Waals surface area contributed by atoms with Gasteiger partial charge in [0.25, 0.3) is 0 Å². The first-order chi connectivity index (χ1) is 12.4. The number of likely N-dealkylation sites (tertiary alicyclic amines) is 1. The molecule has 27 heavy (non-hydrogen) atoms. The predicted octanol–water partition coefficient (Wildman–Crippen LogP) is 1.81. The second-order valence-corrected chi connectivity index (χ2v) is 7.98. The molecule has 0 spiro atoms. The monoisotopic (exact) mass is 493 g/mol. The van der Waals surface area contributed by atoms with Gasteiger partial charge in [-0.25, -0.2) is 0 Å². The van der Waals surface area contributed by atoms with Crippen LogP contribution in [-0.4, -0.2) is 67.8 Å².